The summed E-state index contributed by atoms with van der Waals surface area (Å²) >= 11 is 0. The summed E-state index contributed by atoms with van der Waals surface area (Å²) in [6.45, 7) is 6.25. The van der Waals surface area contributed by atoms with Crippen LogP contribution in [0.25, 0.3) is 11.1 Å². The number of benzene rings is 2. The van der Waals surface area contributed by atoms with Gasteiger partial charge in [0.05, 0.1) is 11.5 Å². The van der Waals surface area contributed by atoms with E-state index in [4.69, 9.17) is 4.74 Å². The molecule has 0 radical (unpaired) electrons. The molecule has 122 valence electrons. The molecule has 1 heterocycles. The van der Waals surface area contributed by atoms with Crippen LogP contribution in [0, 0.1) is 6.92 Å². The molecule has 3 rings (SSSR count). The van der Waals surface area contributed by atoms with Crippen molar-refractivity contribution in [2.45, 2.75) is 38.1 Å². The first-order valence-electron chi connectivity index (χ1n) is 7.76. The third-order valence-corrected chi connectivity index (χ3v) is 5.56. The van der Waals surface area contributed by atoms with Crippen molar-refractivity contribution in [3.05, 3.63) is 47.5 Å². The van der Waals surface area contributed by atoms with Gasteiger partial charge in [-0.1, -0.05) is 24.3 Å². The molecule has 0 unspecified atom stereocenters. The predicted octanol–water partition coefficient (Wildman–Crippen LogP) is 3.28. The molecule has 0 fully saturated rings. The summed E-state index contributed by atoms with van der Waals surface area (Å²) in [5, 5.41) is 0. The van der Waals surface area contributed by atoms with Gasteiger partial charge in [-0.2, -0.15) is 0 Å². The molecule has 0 spiro atoms. The van der Waals surface area contributed by atoms with Crippen molar-refractivity contribution in [3.63, 3.8) is 0 Å². The number of rotatable bonds is 4. The summed E-state index contributed by atoms with van der Waals surface area (Å²) in [7, 11) is -3.47. The molecule has 0 bridgehead atoms. The first-order chi connectivity index (χ1) is 10.9. The molecule has 2 aromatic carbocycles. The van der Waals surface area contributed by atoms with Crippen LogP contribution in [0.3, 0.4) is 0 Å². The molecule has 0 aliphatic carbocycles. The third kappa shape index (κ3) is 3.12. The predicted molar refractivity (Wildman–Crippen MR) is 91.3 cm³/mol. The Morgan fingerprint density at radius 2 is 1.91 bits per heavy atom. The smallest absolute Gasteiger partial charge is 0.240 e. The maximum absolute atomic E-state index is 12.3. The highest BCUT2D eigenvalue weighted by Crippen LogP contribution is 2.38. The molecule has 0 atom stereocenters. The molecule has 4 nitrogen and oxygen atoms in total. The highest BCUT2D eigenvalue weighted by atomic mass is 32.2. The van der Waals surface area contributed by atoms with E-state index in [2.05, 4.69) is 10.8 Å². The van der Waals surface area contributed by atoms with Crippen LogP contribution in [-0.2, 0) is 16.4 Å². The standard InChI is InChI=1S/C18H21NO3S/c1-12(2)19-23(20,21)15-7-8-16(13(3)11-15)17-6-4-5-14-9-10-22-18(14)17/h4-8,11-12,19H,9-10H2,1-3H3. The lowest BCUT2D eigenvalue weighted by Gasteiger charge is -2.14. The molecule has 5 heteroatoms. The average Bonchev–Trinajstić information content (AvgIpc) is 2.94. The summed E-state index contributed by atoms with van der Waals surface area (Å²) < 4.78 is 33.0. The van der Waals surface area contributed by atoms with Crippen molar-refractivity contribution in [3.8, 4) is 16.9 Å². The van der Waals surface area contributed by atoms with E-state index in [9.17, 15) is 8.42 Å². The Hall–Kier alpha value is -1.85. The Kier molecular flexibility index (Phi) is 4.17. The Bertz CT molecular complexity index is 841. The summed E-state index contributed by atoms with van der Waals surface area (Å²) in [4.78, 5) is 0.293. The fourth-order valence-electron chi connectivity index (χ4n) is 2.91. The monoisotopic (exact) mass is 331 g/mol. The van der Waals surface area contributed by atoms with E-state index < -0.39 is 10.0 Å². The molecule has 23 heavy (non-hydrogen) atoms. The largest absolute Gasteiger partial charge is 0.492 e. The van der Waals surface area contributed by atoms with E-state index in [0.29, 0.717) is 11.5 Å². The van der Waals surface area contributed by atoms with Crippen molar-refractivity contribution < 1.29 is 13.2 Å². The van der Waals surface area contributed by atoms with Crippen LogP contribution in [-0.4, -0.2) is 21.1 Å². The van der Waals surface area contributed by atoms with Crippen LogP contribution in [0.5, 0.6) is 5.75 Å². The third-order valence-electron chi connectivity index (χ3n) is 3.90. The van der Waals surface area contributed by atoms with E-state index in [1.54, 1.807) is 12.1 Å². The Balaban J connectivity index is 2.03. The second-order valence-electron chi connectivity index (χ2n) is 6.14. The summed E-state index contributed by atoms with van der Waals surface area (Å²) in [5.74, 6) is 0.923. The van der Waals surface area contributed by atoms with Crippen molar-refractivity contribution >= 4 is 10.0 Å². The highest BCUT2D eigenvalue weighted by Gasteiger charge is 2.20. The number of aryl methyl sites for hydroxylation is 1. The summed E-state index contributed by atoms with van der Waals surface area (Å²) in [5.41, 5.74) is 4.16. The molecule has 1 N–H and O–H groups in total. The van der Waals surface area contributed by atoms with Gasteiger partial charge in [0.15, 0.2) is 0 Å². The summed E-state index contributed by atoms with van der Waals surface area (Å²) in [6.07, 6.45) is 0.924. The van der Waals surface area contributed by atoms with Gasteiger partial charge < -0.3 is 4.74 Å². The fourth-order valence-corrected chi connectivity index (χ4v) is 4.25. The first-order valence-corrected chi connectivity index (χ1v) is 9.25. The van der Waals surface area contributed by atoms with Crippen LogP contribution in [0.15, 0.2) is 41.3 Å². The molecule has 0 saturated heterocycles. The maximum atomic E-state index is 12.3. The zero-order chi connectivity index (χ0) is 16.6. The quantitative estimate of drug-likeness (QED) is 0.935. The Labute approximate surface area is 137 Å². The maximum Gasteiger partial charge on any atom is 0.240 e. The summed E-state index contributed by atoms with van der Waals surface area (Å²) in [6, 6.07) is 11.2. The molecule has 0 amide bonds. The van der Waals surface area contributed by atoms with Gasteiger partial charge in [0.1, 0.15) is 5.75 Å². The van der Waals surface area contributed by atoms with E-state index in [-0.39, 0.29) is 6.04 Å². The number of sulfonamides is 1. The number of fused-ring (bicyclic) bond motifs is 1. The van der Waals surface area contributed by atoms with E-state index in [0.717, 1.165) is 28.9 Å². The zero-order valence-electron chi connectivity index (χ0n) is 13.6. The van der Waals surface area contributed by atoms with Gasteiger partial charge in [-0.25, -0.2) is 13.1 Å². The second-order valence-corrected chi connectivity index (χ2v) is 7.86. The van der Waals surface area contributed by atoms with Gasteiger partial charge >= 0.3 is 0 Å². The zero-order valence-corrected chi connectivity index (χ0v) is 14.4. The molecule has 0 aromatic heterocycles. The van der Waals surface area contributed by atoms with E-state index in [1.165, 1.54) is 5.56 Å². The number of para-hydroxylation sites is 1. The number of nitrogens with one attached hydrogen (secondary N) is 1. The lowest BCUT2D eigenvalue weighted by molar-refractivity contribution is 0.358. The van der Waals surface area contributed by atoms with Gasteiger partial charge in [-0.3, -0.25) is 0 Å². The van der Waals surface area contributed by atoms with Crippen molar-refractivity contribution in [2.75, 3.05) is 6.61 Å². The topological polar surface area (TPSA) is 55.4 Å². The lowest BCUT2D eigenvalue weighted by atomic mass is 9.97. The Morgan fingerprint density at radius 3 is 2.61 bits per heavy atom. The average molecular weight is 331 g/mol. The minimum Gasteiger partial charge on any atom is -0.492 e. The molecule has 1 aliphatic rings. The van der Waals surface area contributed by atoms with E-state index in [1.807, 2.05) is 39.0 Å². The number of hydrogen-bond acceptors (Lipinski definition) is 3. The molecule has 0 saturated carbocycles. The highest BCUT2D eigenvalue weighted by molar-refractivity contribution is 7.89. The number of ether oxygens (including phenoxy) is 1. The molecular formula is C18H21NO3S. The van der Waals surface area contributed by atoms with E-state index >= 15 is 0 Å². The van der Waals surface area contributed by atoms with Gasteiger partial charge in [0.2, 0.25) is 10.0 Å². The van der Waals surface area contributed by atoms with Crippen molar-refractivity contribution in [1.29, 1.82) is 0 Å². The minimum absolute atomic E-state index is 0.134. The van der Waals surface area contributed by atoms with Gasteiger partial charge in [-0.05, 0) is 49.6 Å². The van der Waals surface area contributed by atoms with Crippen LogP contribution in [0.4, 0.5) is 0 Å². The number of hydrogen-bond donors (Lipinski definition) is 1. The van der Waals surface area contributed by atoms with Crippen LogP contribution >= 0.6 is 0 Å². The van der Waals surface area contributed by atoms with Crippen molar-refractivity contribution in [2.24, 2.45) is 0 Å². The molecule has 1 aliphatic heterocycles. The molecular weight excluding hydrogens is 310 g/mol. The van der Waals surface area contributed by atoms with Gasteiger partial charge in [-0.15, -0.1) is 0 Å². The first kappa shape index (κ1) is 16.0. The van der Waals surface area contributed by atoms with Crippen LogP contribution in [0.2, 0.25) is 0 Å². The SMILES string of the molecule is Cc1cc(S(=O)(=O)NC(C)C)ccc1-c1cccc2c1OCC2. The lowest BCUT2D eigenvalue weighted by Crippen LogP contribution is -2.30. The normalized spacial score (nSPS) is 13.9. The van der Waals surface area contributed by atoms with Crippen LogP contribution < -0.4 is 9.46 Å². The Morgan fingerprint density at radius 1 is 1.13 bits per heavy atom. The fraction of sp³-hybridized carbons (Fsp3) is 0.333. The van der Waals surface area contributed by atoms with Gasteiger partial charge in [0, 0.05) is 18.0 Å². The van der Waals surface area contributed by atoms with Gasteiger partial charge in [0.25, 0.3) is 0 Å². The molecule has 2 aromatic rings. The van der Waals surface area contributed by atoms with Crippen molar-refractivity contribution in [1.82, 2.24) is 4.72 Å². The van der Waals surface area contributed by atoms with Crippen LogP contribution in [0.1, 0.15) is 25.0 Å². The second kappa shape index (κ2) is 5.98. The minimum atomic E-state index is -3.47.